The van der Waals surface area contributed by atoms with Gasteiger partial charge in [0.1, 0.15) is 5.54 Å². The number of carbonyl (C=O) groups excluding carboxylic acids is 1. The predicted octanol–water partition coefficient (Wildman–Crippen LogP) is 1.70. The second-order valence-corrected chi connectivity index (χ2v) is 4.54. The van der Waals surface area contributed by atoms with E-state index in [1.54, 1.807) is 12.2 Å². The molecular weight excluding hydrogens is 239 g/mol. The first-order valence-electron chi connectivity index (χ1n) is 5.30. The van der Waals surface area contributed by atoms with Crippen molar-refractivity contribution in [1.29, 1.82) is 0 Å². The van der Waals surface area contributed by atoms with Crippen LogP contribution in [0.5, 0.6) is 0 Å². The van der Waals surface area contributed by atoms with Crippen LogP contribution in [-0.4, -0.2) is 28.7 Å². The Labute approximate surface area is 96.2 Å². The molecule has 2 N–H and O–H groups in total. The summed E-state index contributed by atoms with van der Waals surface area (Å²) >= 11 is 0. The number of carbonyl (C=O) groups is 2. The van der Waals surface area contributed by atoms with E-state index in [0.29, 0.717) is 6.42 Å². The van der Waals surface area contributed by atoms with Crippen LogP contribution in [-0.2, 0) is 9.59 Å². The molecule has 1 aliphatic carbocycles. The van der Waals surface area contributed by atoms with Crippen molar-refractivity contribution < 1.29 is 27.9 Å². The maximum atomic E-state index is 12.1. The van der Waals surface area contributed by atoms with Crippen molar-refractivity contribution in [1.82, 2.24) is 5.32 Å². The highest BCUT2D eigenvalue weighted by Gasteiger charge is 2.49. The monoisotopic (exact) mass is 253 g/mol. The van der Waals surface area contributed by atoms with Crippen LogP contribution in [0.3, 0.4) is 0 Å². The van der Waals surface area contributed by atoms with E-state index < -0.39 is 23.6 Å². The smallest absolute Gasteiger partial charge is 0.471 e. The van der Waals surface area contributed by atoms with E-state index in [2.05, 4.69) is 0 Å². The van der Waals surface area contributed by atoms with Crippen molar-refractivity contribution in [2.24, 2.45) is 5.92 Å². The molecule has 2 atom stereocenters. The van der Waals surface area contributed by atoms with Crippen LogP contribution in [0, 0.1) is 5.92 Å². The third-order valence-corrected chi connectivity index (χ3v) is 3.02. The van der Waals surface area contributed by atoms with Crippen molar-refractivity contribution in [3.05, 3.63) is 0 Å². The molecule has 0 spiro atoms. The van der Waals surface area contributed by atoms with Gasteiger partial charge in [0.15, 0.2) is 0 Å². The maximum Gasteiger partial charge on any atom is 0.471 e. The summed E-state index contributed by atoms with van der Waals surface area (Å²) < 4.78 is 36.4. The summed E-state index contributed by atoms with van der Waals surface area (Å²) in [6.45, 7) is 1.76. The number of rotatable bonds is 2. The summed E-state index contributed by atoms with van der Waals surface area (Å²) in [6, 6.07) is 0. The fraction of sp³-hybridized carbons (Fsp3) is 0.800. The van der Waals surface area contributed by atoms with Gasteiger partial charge in [-0.05, 0) is 18.8 Å². The number of nitrogens with one attached hydrogen (secondary N) is 1. The molecule has 1 amide bonds. The van der Waals surface area contributed by atoms with Crippen molar-refractivity contribution in [3.8, 4) is 0 Å². The molecule has 0 saturated heterocycles. The number of halogens is 3. The Bertz CT molecular complexity index is 329. The molecule has 4 nitrogen and oxygen atoms in total. The first-order valence-corrected chi connectivity index (χ1v) is 5.30. The minimum atomic E-state index is -5.05. The topological polar surface area (TPSA) is 66.4 Å². The quantitative estimate of drug-likeness (QED) is 0.787. The van der Waals surface area contributed by atoms with E-state index >= 15 is 0 Å². The van der Waals surface area contributed by atoms with E-state index in [4.69, 9.17) is 5.11 Å². The van der Waals surface area contributed by atoms with Crippen molar-refractivity contribution in [3.63, 3.8) is 0 Å². The minimum Gasteiger partial charge on any atom is -0.480 e. The Morgan fingerprint density at radius 2 is 2.00 bits per heavy atom. The highest BCUT2D eigenvalue weighted by Crippen LogP contribution is 2.33. The van der Waals surface area contributed by atoms with Crippen LogP contribution >= 0.6 is 0 Å². The van der Waals surface area contributed by atoms with E-state index in [0.717, 1.165) is 6.42 Å². The fourth-order valence-electron chi connectivity index (χ4n) is 2.20. The van der Waals surface area contributed by atoms with E-state index in [9.17, 15) is 22.8 Å². The van der Waals surface area contributed by atoms with Gasteiger partial charge in [-0.25, -0.2) is 4.79 Å². The van der Waals surface area contributed by atoms with Gasteiger partial charge in [-0.2, -0.15) is 13.2 Å². The molecule has 0 unspecified atom stereocenters. The first kappa shape index (κ1) is 13.8. The lowest BCUT2D eigenvalue weighted by Gasteiger charge is -2.37. The second kappa shape index (κ2) is 4.54. The summed E-state index contributed by atoms with van der Waals surface area (Å²) in [4.78, 5) is 22.0. The van der Waals surface area contributed by atoms with Crippen LogP contribution in [0.2, 0.25) is 0 Å². The predicted molar refractivity (Wildman–Crippen MR) is 52.2 cm³/mol. The minimum absolute atomic E-state index is 0.0200. The van der Waals surface area contributed by atoms with Gasteiger partial charge in [0.25, 0.3) is 0 Å². The molecule has 0 aromatic heterocycles. The molecule has 0 aliphatic heterocycles. The second-order valence-electron chi connectivity index (χ2n) is 4.54. The van der Waals surface area contributed by atoms with Crippen molar-refractivity contribution in [2.45, 2.75) is 44.3 Å². The summed E-state index contributed by atoms with van der Waals surface area (Å²) in [6.07, 6.45) is -3.73. The SMILES string of the molecule is C[C@@H]1CCC[C@@](NC(=O)C(F)(F)F)(C(=O)O)C1. The highest BCUT2D eigenvalue weighted by molar-refractivity contribution is 5.89. The van der Waals surface area contributed by atoms with Gasteiger partial charge in [0.2, 0.25) is 0 Å². The Balaban J connectivity index is 2.86. The number of hydrogen-bond donors (Lipinski definition) is 2. The Morgan fingerprint density at radius 1 is 1.41 bits per heavy atom. The lowest BCUT2D eigenvalue weighted by atomic mass is 9.76. The van der Waals surface area contributed by atoms with E-state index in [-0.39, 0.29) is 18.8 Å². The molecule has 1 saturated carbocycles. The van der Waals surface area contributed by atoms with E-state index in [1.165, 1.54) is 0 Å². The van der Waals surface area contributed by atoms with Gasteiger partial charge < -0.3 is 10.4 Å². The Kier molecular flexibility index (Phi) is 3.68. The number of aliphatic carboxylic acids is 1. The molecule has 17 heavy (non-hydrogen) atoms. The average Bonchev–Trinajstić information content (AvgIpc) is 2.15. The number of carboxylic acids is 1. The van der Waals surface area contributed by atoms with Crippen LogP contribution in [0.1, 0.15) is 32.6 Å². The summed E-state index contributed by atoms with van der Waals surface area (Å²) in [5, 5.41) is 10.7. The highest BCUT2D eigenvalue weighted by atomic mass is 19.4. The average molecular weight is 253 g/mol. The lowest BCUT2D eigenvalue weighted by Crippen LogP contribution is -2.59. The molecule has 1 rings (SSSR count). The van der Waals surface area contributed by atoms with Crippen LogP contribution in [0.25, 0.3) is 0 Å². The summed E-state index contributed by atoms with van der Waals surface area (Å²) in [5.41, 5.74) is -1.77. The summed E-state index contributed by atoms with van der Waals surface area (Å²) in [7, 11) is 0. The van der Waals surface area contributed by atoms with Gasteiger partial charge in [-0.15, -0.1) is 0 Å². The summed E-state index contributed by atoms with van der Waals surface area (Å²) in [5.74, 6) is -3.61. The molecule has 0 heterocycles. The van der Waals surface area contributed by atoms with Crippen LogP contribution in [0.4, 0.5) is 13.2 Å². The Hall–Kier alpha value is -1.27. The van der Waals surface area contributed by atoms with Gasteiger partial charge >= 0.3 is 18.1 Å². The number of hydrogen-bond acceptors (Lipinski definition) is 2. The molecule has 0 aromatic rings. The maximum absolute atomic E-state index is 12.1. The zero-order chi connectivity index (χ0) is 13.3. The molecule has 1 fully saturated rings. The van der Waals surface area contributed by atoms with E-state index in [1.807, 2.05) is 0 Å². The normalized spacial score (nSPS) is 29.8. The van der Waals surface area contributed by atoms with Gasteiger partial charge in [-0.1, -0.05) is 19.8 Å². The molecule has 0 bridgehead atoms. The molecule has 0 aromatic carbocycles. The van der Waals surface area contributed by atoms with Gasteiger partial charge in [0, 0.05) is 0 Å². The third-order valence-electron chi connectivity index (χ3n) is 3.02. The van der Waals surface area contributed by atoms with Gasteiger partial charge in [-0.3, -0.25) is 4.79 Å². The number of alkyl halides is 3. The fourth-order valence-corrected chi connectivity index (χ4v) is 2.20. The lowest BCUT2D eigenvalue weighted by molar-refractivity contribution is -0.178. The molecular formula is C10H14F3NO3. The Morgan fingerprint density at radius 3 is 2.41 bits per heavy atom. The molecule has 98 valence electrons. The van der Waals surface area contributed by atoms with Crippen molar-refractivity contribution >= 4 is 11.9 Å². The third kappa shape index (κ3) is 3.10. The zero-order valence-electron chi connectivity index (χ0n) is 9.30. The molecule has 1 aliphatic rings. The molecule has 0 radical (unpaired) electrons. The zero-order valence-corrected chi connectivity index (χ0v) is 9.30. The largest absolute Gasteiger partial charge is 0.480 e. The molecule has 7 heteroatoms. The standard InChI is InChI=1S/C10H14F3NO3/c1-6-3-2-4-9(5-6,8(16)17)14-7(15)10(11,12)13/h6H,2-5H2,1H3,(H,14,15)(H,16,17)/t6-,9+/m1/s1. The number of carboxylic acid groups (broad SMARTS) is 1. The number of amides is 1. The van der Waals surface area contributed by atoms with Crippen molar-refractivity contribution in [2.75, 3.05) is 0 Å². The van der Waals surface area contributed by atoms with Gasteiger partial charge in [0.05, 0.1) is 0 Å². The first-order chi connectivity index (χ1) is 7.67. The van der Waals surface area contributed by atoms with Crippen LogP contribution < -0.4 is 5.32 Å². The van der Waals surface area contributed by atoms with Crippen LogP contribution in [0.15, 0.2) is 0 Å².